The average molecular weight is 289 g/mol. The minimum atomic E-state index is 0.187. The molecule has 0 saturated heterocycles. The fraction of sp³-hybridized carbons (Fsp3) is 0.154. The maximum Gasteiger partial charge on any atom is 0.322 e. The predicted molar refractivity (Wildman–Crippen MR) is 75.3 cm³/mol. The van der Waals surface area contributed by atoms with Gasteiger partial charge in [-0.3, -0.25) is 0 Å². The van der Waals surface area contributed by atoms with E-state index < -0.39 is 0 Å². The summed E-state index contributed by atoms with van der Waals surface area (Å²) in [4.78, 5) is 8.53. The molecule has 1 aromatic carbocycles. The van der Waals surface area contributed by atoms with Crippen molar-refractivity contribution in [2.45, 2.75) is 6.92 Å². The van der Waals surface area contributed by atoms with Gasteiger partial charge in [0.1, 0.15) is 16.4 Å². The number of fused-ring (bicyclic) bond motifs is 1. The van der Waals surface area contributed by atoms with Gasteiger partial charge in [-0.05, 0) is 25.1 Å². The third-order valence-corrected chi connectivity index (χ3v) is 2.85. The van der Waals surface area contributed by atoms with Crippen LogP contribution in [0.15, 0.2) is 24.3 Å². The van der Waals surface area contributed by atoms with Gasteiger partial charge < -0.3 is 19.9 Å². The van der Waals surface area contributed by atoms with Crippen molar-refractivity contribution in [1.29, 1.82) is 0 Å². The number of aromatic nitrogens is 2. The van der Waals surface area contributed by atoms with Crippen LogP contribution in [0.25, 0.3) is 0 Å². The summed E-state index contributed by atoms with van der Waals surface area (Å²) in [6.07, 6.45) is 0. The zero-order valence-corrected chi connectivity index (χ0v) is 11.4. The van der Waals surface area contributed by atoms with Crippen LogP contribution >= 0.6 is 12.2 Å². The summed E-state index contributed by atoms with van der Waals surface area (Å²) in [6.45, 7) is 2.03. The van der Waals surface area contributed by atoms with E-state index in [0.717, 1.165) is 5.69 Å². The molecule has 2 N–H and O–H groups in total. The SMILES string of the molecule is Cc1cc(C(N)=S)nc(Oc2ccc3c(c2)OCO3)n1. The van der Waals surface area contributed by atoms with Gasteiger partial charge in [-0.2, -0.15) is 4.98 Å². The molecule has 0 unspecified atom stereocenters. The second-order valence-electron chi connectivity index (χ2n) is 4.16. The lowest BCUT2D eigenvalue weighted by Gasteiger charge is -2.07. The Balaban J connectivity index is 1.89. The highest BCUT2D eigenvalue weighted by atomic mass is 32.1. The van der Waals surface area contributed by atoms with Gasteiger partial charge in [-0.25, -0.2) is 4.98 Å². The topological polar surface area (TPSA) is 79.5 Å². The molecule has 6 nitrogen and oxygen atoms in total. The van der Waals surface area contributed by atoms with Gasteiger partial charge in [-0.1, -0.05) is 12.2 Å². The van der Waals surface area contributed by atoms with Crippen molar-refractivity contribution in [2.75, 3.05) is 6.79 Å². The van der Waals surface area contributed by atoms with Crippen LogP contribution in [-0.2, 0) is 0 Å². The molecule has 0 radical (unpaired) electrons. The van der Waals surface area contributed by atoms with Crippen LogP contribution in [0.1, 0.15) is 11.4 Å². The van der Waals surface area contributed by atoms with Crippen LogP contribution in [0, 0.1) is 6.92 Å². The normalized spacial score (nSPS) is 12.2. The van der Waals surface area contributed by atoms with Gasteiger partial charge >= 0.3 is 6.01 Å². The molecule has 0 spiro atoms. The Bertz CT molecular complexity index is 691. The highest BCUT2D eigenvalue weighted by molar-refractivity contribution is 7.80. The van der Waals surface area contributed by atoms with Crippen LogP contribution in [0.2, 0.25) is 0 Å². The smallest absolute Gasteiger partial charge is 0.322 e. The molecule has 1 aromatic heterocycles. The van der Waals surface area contributed by atoms with Crippen molar-refractivity contribution in [3.63, 3.8) is 0 Å². The van der Waals surface area contributed by atoms with Crippen molar-refractivity contribution < 1.29 is 14.2 Å². The lowest BCUT2D eigenvalue weighted by atomic mass is 10.3. The Morgan fingerprint density at radius 1 is 1.25 bits per heavy atom. The quantitative estimate of drug-likeness (QED) is 0.865. The van der Waals surface area contributed by atoms with E-state index in [4.69, 9.17) is 32.2 Å². The van der Waals surface area contributed by atoms with E-state index in [2.05, 4.69) is 9.97 Å². The van der Waals surface area contributed by atoms with Crippen LogP contribution in [0.5, 0.6) is 23.3 Å². The molecule has 0 atom stereocenters. The van der Waals surface area contributed by atoms with Crippen LogP contribution in [0.4, 0.5) is 0 Å². The Hall–Kier alpha value is -2.41. The number of thiocarbonyl (C=S) groups is 1. The zero-order chi connectivity index (χ0) is 14.1. The minimum Gasteiger partial charge on any atom is -0.454 e. The first-order chi connectivity index (χ1) is 9.61. The van der Waals surface area contributed by atoms with E-state index in [9.17, 15) is 0 Å². The second-order valence-corrected chi connectivity index (χ2v) is 4.60. The molecule has 0 amide bonds. The molecular formula is C13H11N3O3S. The Labute approximate surface area is 120 Å². The van der Waals surface area contributed by atoms with E-state index in [0.29, 0.717) is 22.9 Å². The number of hydrogen-bond donors (Lipinski definition) is 1. The van der Waals surface area contributed by atoms with Gasteiger partial charge in [0, 0.05) is 11.8 Å². The molecule has 0 aliphatic carbocycles. The summed E-state index contributed by atoms with van der Waals surface area (Å²) in [6, 6.07) is 7.12. The van der Waals surface area contributed by atoms with Gasteiger partial charge in [0.2, 0.25) is 6.79 Å². The standard InChI is InChI=1S/C13H11N3O3S/c1-7-4-9(12(14)20)16-13(15-7)19-8-2-3-10-11(5-8)18-6-17-10/h2-5H,6H2,1H3,(H2,14,20). The molecule has 0 fully saturated rings. The molecule has 1 aliphatic heterocycles. The lowest BCUT2D eigenvalue weighted by molar-refractivity contribution is 0.174. The largest absolute Gasteiger partial charge is 0.454 e. The van der Waals surface area contributed by atoms with Gasteiger partial charge in [0.05, 0.1) is 0 Å². The highest BCUT2D eigenvalue weighted by Gasteiger charge is 2.15. The van der Waals surface area contributed by atoms with E-state index in [1.54, 1.807) is 24.3 Å². The maximum absolute atomic E-state index is 5.60. The van der Waals surface area contributed by atoms with Crippen molar-refractivity contribution in [3.05, 3.63) is 35.7 Å². The number of nitrogens with zero attached hydrogens (tertiary/aromatic N) is 2. The summed E-state index contributed by atoms with van der Waals surface area (Å²) >= 11 is 4.91. The minimum absolute atomic E-state index is 0.187. The van der Waals surface area contributed by atoms with Gasteiger partial charge in [0.15, 0.2) is 11.5 Å². The molecular weight excluding hydrogens is 278 g/mol. The first kappa shape index (κ1) is 12.6. The predicted octanol–water partition coefficient (Wildman–Crippen LogP) is 1.94. The van der Waals surface area contributed by atoms with Crippen molar-refractivity contribution in [2.24, 2.45) is 5.73 Å². The molecule has 2 heterocycles. The van der Waals surface area contributed by atoms with Crippen LogP contribution in [-0.4, -0.2) is 21.7 Å². The zero-order valence-electron chi connectivity index (χ0n) is 10.6. The number of ether oxygens (including phenoxy) is 3. The third kappa shape index (κ3) is 2.48. The molecule has 7 heteroatoms. The van der Waals surface area contributed by atoms with E-state index in [1.807, 2.05) is 6.92 Å². The summed E-state index contributed by atoms with van der Waals surface area (Å²) in [5.41, 5.74) is 6.76. The highest BCUT2D eigenvalue weighted by Crippen LogP contribution is 2.36. The number of rotatable bonds is 3. The molecule has 0 bridgehead atoms. The monoisotopic (exact) mass is 289 g/mol. The molecule has 1 aliphatic rings. The van der Waals surface area contributed by atoms with Gasteiger partial charge in [-0.15, -0.1) is 0 Å². The Morgan fingerprint density at radius 2 is 2.05 bits per heavy atom. The molecule has 102 valence electrons. The summed E-state index contributed by atoms with van der Waals surface area (Å²) in [7, 11) is 0. The van der Waals surface area contributed by atoms with Crippen LogP contribution in [0.3, 0.4) is 0 Å². The molecule has 2 aromatic rings. The van der Waals surface area contributed by atoms with Crippen molar-refractivity contribution in [3.8, 4) is 23.3 Å². The average Bonchev–Trinajstić information content (AvgIpc) is 2.85. The van der Waals surface area contributed by atoms with E-state index >= 15 is 0 Å². The molecule has 0 saturated carbocycles. The second kappa shape index (κ2) is 4.93. The van der Waals surface area contributed by atoms with Gasteiger partial charge in [0.25, 0.3) is 0 Å². The lowest BCUT2D eigenvalue weighted by Crippen LogP contribution is -2.13. The number of aryl methyl sites for hydroxylation is 1. The maximum atomic E-state index is 5.60. The Kier molecular flexibility index (Phi) is 3.11. The first-order valence-corrected chi connectivity index (χ1v) is 6.25. The van der Waals surface area contributed by atoms with Crippen molar-refractivity contribution in [1.82, 2.24) is 9.97 Å². The fourth-order valence-electron chi connectivity index (χ4n) is 1.76. The number of hydrogen-bond acceptors (Lipinski definition) is 6. The van der Waals surface area contributed by atoms with Crippen LogP contribution < -0.4 is 19.9 Å². The summed E-state index contributed by atoms with van der Waals surface area (Å²) < 4.78 is 16.1. The number of nitrogens with two attached hydrogens (primary N) is 1. The van der Waals surface area contributed by atoms with E-state index in [-0.39, 0.29) is 17.8 Å². The third-order valence-electron chi connectivity index (χ3n) is 2.64. The summed E-state index contributed by atoms with van der Waals surface area (Å²) in [5, 5.41) is 0. The summed E-state index contributed by atoms with van der Waals surface area (Å²) in [5.74, 6) is 1.87. The number of benzene rings is 1. The Morgan fingerprint density at radius 3 is 2.85 bits per heavy atom. The van der Waals surface area contributed by atoms with Crippen molar-refractivity contribution >= 4 is 17.2 Å². The first-order valence-electron chi connectivity index (χ1n) is 5.85. The van der Waals surface area contributed by atoms with E-state index in [1.165, 1.54) is 0 Å². The fourth-order valence-corrected chi connectivity index (χ4v) is 1.86. The molecule has 20 heavy (non-hydrogen) atoms. The molecule has 3 rings (SSSR count).